The Morgan fingerprint density at radius 3 is 2.80 bits per heavy atom. The molecule has 0 aliphatic carbocycles. The SMILES string of the molecule is O=C(c1ccoc1)c1ncc(Br)cc1Br. The minimum absolute atomic E-state index is 0.164. The van der Waals surface area contributed by atoms with Crippen LogP contribution in [0.15, 0.2) is 44.2 Å². The molecule has 0 bridgehead atoms. The van der Waals surface area contributed by atoms with Crippen LogP contribution in [-0.2, 0) is 0 Å². The first-order valence-electron chi connectivity index (χ1n) is 4.06. The molecule has 15 heavy (non-hydrogen) atoms. The van der Waals surface area contributed by atoms with Gasteiger partial charge in [-0.25, -0.2) is 0 Å². The van der Waals surface area contributed by atoms with Crippen LogP contribution in [0.3, 0.4) is 0 Å². The van der Waals surface area contributed by atoms with Gasteiger partial charge >= 0.3 is 0 Å². The molecular formula is C10H5Br2NO2. The topological polar surface area (TPSA) is 43.1 Å². The first-order valence-corrected chi connectivity index (χ1v) is 5.65. The average molecular weight is 331 g/mol. The monoisotopic (exact) mass is 329 g/mol. The number of hydrogen-bond acceptors (Lipinski definition) is 3. The maximum atomic E-state index is 11.9. The Hall–Kier alpha value is -0.940. The zero-order valence-electron chi connectivity index (χ0n) is 7.41. The molecule has 0 aromatic carbocycles. The van der Waals surface area contributed by atoms with Crippen molar-refractivity contribution >= 4 is 37.6 Å². The van der Waals surface area contributed by atoms with Crippen molar-refractivity contribution in [2.24, 2.45) is 0 Å². The van der Waals surface area contributed by atoms with Crippen LogP contribution < -0.4 is 0 Å². The second kappa shape index (κ2) is 4.28. The Kier molecular flexibility index (Phi) is 3.02. The highest BCUT2D eigenvalue weighted by Crippen LogP contribution is 2.21. The fraction of sp³-hybridized carbons (Fsp3) is 0. The lowest BCUT2D eigenvalue weighted by atomic mass is 10.1. The molecule has 0 atom stereocenters. The summed E-state index contributed by atoms with van der Waals surface area (Å²) in [6.07, 6.45) is 4.44. The molecule has 0 aliphatic heterocycles. The van der Waals surface area contributed by atoms with E-state index in [1.165, 1.54) is 12.5 Å². The number of aromatic nitrogens is 1. The molecule has 2 aromatic rings. The number of hydrogen-bond donors (Lipinski definition) is 0. The lowest BCUT2D eigenvalue weighted by Gasteiger charge is -2.00. The number of rotatable bonds is 2. The number of furan rings is 1. The van der Waals surface area contributed by atoms with E-state index >= 15 is 0 Å². The van der Waals surface area contributed by atoms with Crippen molar-refractivity contribution in [2.75, 3.05) is 0 Å². The summed E-state index contributed by atoms with van der Waals surface area (Å²) in [7, 11) is 0. The molecular weight excluding hydrogens is 326 g/mol. The van der Waals surface area contributed by atoms with Gasteiger partial charge in [-0.3, -0.25) is 9.78 Å². The van der Waals surface area contributed by atoms with Crippen molar-refractivity contribution in [1.29, 1.82) is 0 Å². The van der Waals surface area contributed by atoms with Crippen molar-refractivity contribution in [3.63, 3.8) is 0 Å². The van der Waals surface area contributed by atoms with E-state index in [1.54, 1.807) is 18.3 Å². The van der Waals surface area contributed by atoms with Crippen LogP contribution in [0, 0.1) is 0 Å². The molecule has 0 unspecified atom stereocenters. The predicted molar refractivity (Wildman–Crippen MR) is 61.8 cm³/mol. The second-order valence-corrected chi connectivity index (χ2v) is 4.60. The van der Waals surface area contributed by atoms with E-state index in [0.717, 1.165) is 4.47 Å². The van der Waals surface area contributed by atoms with E-state index in [1.807, 2.05) is 0 Å². The van der Waals surface area contributed by atoms with Gasteiger partial charge in [0.2, 0.25) is 5.78 Å². The Balaban J connectivity index is 2.42. The van der Waals surface area contributed by atoms with Crippen LogP contribution in [-0.4, -0.2) is 10.8 Å². The van der Waals surface area contributed by atoms with Crippen molar-refractivity contribution in [1.82, 2.24) is 4.98 Å². The summed E-state index contributed by atoms with van der Waals surface area (Å²) in [5.41, 5.74) is 0.866. The van der Waals surface area contributed by atoms with Crippen LogP contribution in [0.1, 0.15) is 16.1 Å². The van der Waals surface area contributed by atoms with Crippen molar-refractivity contribution in [2.45, 2.75) is 0 Å². The van der Waals surface area contributed by atoms with Crippen LogP contribution in [0.4, 0.5) is 0 Å². The molecule has 0 amide bonds. The summed E-state index contributed by atoms with van der Waals surface area (Å²) in [4.78, 5) is 15.9. The summed E-state index contributed by atoms with van der Waals surface area (Å²) >= 11 is 6.56. The lowest BCUT2D eigenvalue weighted by molar-refractivity contribution is 0.103. The summed E-state index contributed by atoms with van der Waals surface area (Å²) in [6, 6.07) is 3.39. The van der Waals surface area contributed by atoms with Gasteiger partial charge in [0.05, 0.1) is 11.8 Å². The van der Waals surface area contributed by atoms with E-state index in [9.17, 15) is 4.79 Å². The third-order valence-corrected chi connectivity index (χ3v) is 2.84. The van der Waals surface area contributed by atoms with E-state index < -0.39 is 0 Å². The zero-order valence-corrected chi connectivity index (χ0v) is 10.6. The van der Waals surface area contributed by atoms with Crippen LogP contribution in [0.5, 0.6) is 0 Å². The zero-order chi connectivity index (χ0) is 10.8. The van der Waals surface area contributed by atoms with Gasteiger partial charge in [0, 0.05) is 15.1 Å². The Morgan fingerprint density at radius 1 is 1.40 bits per heavy atom. The number of pyridine rings is 1. The highest BCUT2D eigenvalue weighted by Gasteiger charge is 2.15. The van der Waals surface area contributed by atoms with Gasteiger partial charge in [-0.15, -0.1) is 0 Å². The van der Waals surface area contributed by atoms with Gasteiger partial charge in [-0.2, -0.15) is 0 Å². The van der Waals surface area contributed by atoms with Crippen LogP contribution in [0.25, 0.3) is 0 Å². The van der Waals surface area contributed by atoms with E-state index in [4.69, 9.17) is 4.42 Å². The quantitative estimate of drug-likeness (QED) is 0.792. The molecule has 3 nitrogen and oxygen atoms in total. The predicted octanol–water partition coefficient (Wildman–Crippen LogP) is 3.43. The van der Waals surface area contributed by atoms with Gasteiger partial charge in [0.15, 0.2) is 0 Å². The average Bonchev–Trinajstić information content (AvgIpc) is 2.69. The van der Waals surface area contributed by atoms with Crippen molar-refractivity contribution in [3.05, 3.63) is 51.1 Å². The van der Waals surface area contributed by atoms with Gasteiger partial charge in [0.1, 0.15) is 12.0 Å². The standard InChI is InChI=1S/C10H5Br2NO2/c11-7-3-8(12)9(13-4-7)10(14)6-1-2-15-5-6/h1-5H. The molecule has 0 saturated carbocycles. The summed E-state index contributed by atoms with van der Waals surface area (Å²) in [6.45, 7) is 0. The first kappa shape index (κ1) is 10.6. The minimum atomic E-state index is -0.164. The second-order valence-electron chi connectivity index (χ2n) is 2.83. The van der Waals surface area contributed by atoms with Gasteiger partial charge in [-0.05, 0) is 44.0 Å². The molecule has 0 aliphatic rings. The number of halogens is 2. The molecule has 2 heterocycles. The van der Waals surface area contributed by atoms with E-state index in [-0.39, 0.29) is 5.78 Å². The summed E-state index contributed by atoms with van der Waals surface area (Å²) in [5.74, 6) is -0.164. The van der Waals surface area contributed by atoms with E-state index in [2.05, 4.69) is 36.8 Å². The maximum absolute atomic E-state index is 11.9. The molecule has 0 fully saturated rings. The number of carbonyl (C=O) groups is 1. The smallest absolute Gasteiger partial charge is 0.215 e. The molecule has 0 N–H and O–H groups in total. The minimum Gasteiger partial charge on any atom is -0.472 e. The Labute approximate surface area is 103 Å². The summed E-state index contributed by atoms with van der Waals surface area (Å²) < 4.78 is 6.32. The maximum Gasteiger partial charge on any atom is 0.215 e. The fourth-order valence-corrected chi connectivity index (χ4v) is 2.28. The lowest BCUT2D eigenvalue weighted by Crippen LogP contribution is -2.03. The molecule has 5 heteroatoms. The molecule has 2 rings (SSSR count). The molecule has 0 spiro atoms. The van der Waals surface area contributed by atoms with Gasteiger partial charge < -0.3 is 4.42 Å². The number of nitrogens with zero attached hydrogens (tertiary/aromatic N) is 1. The molecule has 2 aromatic heterocycles. The van der Waals surface area contributed by atoms with Crippen LogP contribution >= 0.6 is 31.9 Å². The molecule has 0 saturated heterocycles. The van der Waals surface area contributed by atoms with Crippen molar-refractivity contribution in [3.8, 4) is 0 Å². The largest absolute Gasteiger partial charge is 0.472 e. The Morgan fingerprint density at radius 2 is 2.20 bits per heavy atom. The number of carbonyl (C=O) groups excluding carboxylic acids is 1. The third kappa shape index (κ3) is 2.18. The molecule has 76 valence electrons. The number of ketones is 1. The third-order valence-electron chi connectivity index (χ3n) is 1.81. The normalized spacial score (nSPS) is 10.3. The van der Waals surface area contributed by atoms with E-state index in [0.29, 0.717) is 15.7 Å². The van der Waals surface area contributed by atoms with Crippen molar-refractivity contribution < 1.29 is 9.21 Å². The highest BCUT2D eigenvalue weighted by molar-refractivity contribution is 9.11. The fourth-order valence-electron chi connectivity index (χ4n) is 1.11. The first-order chi connectivity index (χ1) is 7.18. The van der Waals surface area contributed by atoms with Gasteiger partial charge in [0.25, 0.3) is 0 Å². The Bertz CT molecular complexity index is 494. The summed E-state index contributed by atoms with van der Waals surface area (Å²) in [5, 5.41) is 0. The highest BCUT2D eigenvalue weighted by atomic mass is 79.9. The van der Waals surface area contributed by atoms with Gasteiger partial charge in [-0.1, -0.05) is 0 Å². The molecule has 0 radical (unpaired) electrons. The van der Waals surface area contributed by atoms with Crippen LogP contribution in [0.2, 0.25) is 0 Å².